The standard InChI is InChI=1S/C19H22N2O6/c1-3-5-8-21-17(23)13-7-6-12(10-14(13)18(21)24)16(22)20-15(19(25)26)11-27-9-4-2/h4,6-7,10,15H,2-3,5,8-9,11H2,1H3,(H,20,22)(H,25,26). The van der Waals surface area contributed by atoms with Crippen LogP contribution in [0.4, 0.5) is 0 Å². The van der Waals surface area contributed by atoms with Gasteiger partial charge >= 0.3 is 5.97 Å². The number of benzene rings is 1. The van der Waals surface area contributed by atoms with E-state index in [4.69, 9.17) is 4.74 Å². The number of carbonyl (C=O) groups excluding carboxylic acids is 3. The van der Waals surface area contributed by atoms with Gasteiger partial charge in [-0.3, -0.25) is 19.3 Å². The molecule has 1 aliphatic rings. The smallest absolute Gasteiger partial charge is 0.328 e. The van der Waals surface area contributed by atoms with Crippen LogP contribution >= 0.6 is 0 Å². The molecule has 0 radical (unpaired) electrons. The van der Waals surface area contributed by atoms with Crippen molar-refractivity contribution in [2.75, 3.05) is 19.8 Å². The fourth-order valence-electron chi connectivity index (χ4n) is 2.64. The highest BCUT2D eigenvalue weighted by Crippen LogP contribution is 2.24. The molecule has 1 atom stereocenters. The molecule has 8 heteroatoms. The Morgan fingerprint density at radius 3 is 2.63 bits per heavy atom. The number of nitrogens with one attached hydrogen (secondary N) is 1. The summed E-state index contributed by atoms with van der Waals surface area (Å²) in [6.45, 7) is 5.67. The number of ether oxygens (including phenoxy) is 1. The Kier molecular flexibility index (Phi) is 6.84. The topological polar surface area (TPSA) is 113 Å². The molecule has 0 aliphatic carbocycles. The number of amides is 3. The van der Waals surface area contributed by atoms with E-state index in [2.05, 4.69) is 11.9 Å². The van der Waals surface area contributed by atoms with E-state index >= 15 is 0 Å². The van der Waals surface area contributed by atoms with Crippen molar-refractivity contribution in [3.63, 3.8) is 0 Å². The van der Waals surface area contributed by atoms with Crippen molar-refractivity contribution < 1.29 is 29.0 Å². The molecule has 0 bridgehead atoms. The van der Waals surface area contributed by atoms with E-state index in [9.17, 15) is 24.3 Å². The van der Waals surface area contributed by atoms with E-state index in [0.717, 1.165) is 6.42 Å². The molecule has 1 aromatic rings. The Morgan fingerprint density at radius 2 is 2.00 bits per heavy atom. The first-order chi connectivity index (χ1) is 12.9. The normalized spacial score (nSPS) is 14.0. The molecule has 8 nitrogen and oxygen atoms in total. The van der Waals surface area contributed by atoms with Gasteiger partial charge in [-0.05, 0) is 24.6 Å². The van der Waals surface area contributed by atoms with Gasteiger partial charge in [0.05, 0.1) is 24.3 Å². The van der Waals surface area contributed by atoms with Gasteiger partial charge in [0.25, 0.3) is 17.7 Å². The van der Waals surface area contributed by atoms with Gasteiger partial charge in [-0.15, -0.1) is 6.58 Å². The summed E-state index contributed by atoms with van der Waals surface area (Å²) in [5.74, 6) is -2.73. The van der Waals surface area contributed by atoms with Crippen molar-refractivity contribution in [2.24, 2.45) is 0 Å². The van der Waals surface area contributed by atoms with Crippen LogP contribution in [-0.2, 0) is 9.53 Å². The number of aliphatic carboxylic acids is 1. The number of carboxylic acid groups (broad SMARTS) is 1. The van der Waals surface area contributed by atoms with Gasteiger partial charge in [-0.25, -0.2) is 4.79 Å². The van der Waals surface area contributed by atoms with Gasteiger partial charge in [-0.1, -0.05) is 19.4 Å². The zero-order valence-electron chi connectivity index (χ0n) is 15.1. The zero-order valence-corrected chi connectivity index (χ0v) is 15.1. The predicted octanol–water partition coefficient (Wildman–Crippen LogP) is 1.47. The molecule has 2 N–H and O–H groups in total. The quantitative estimate of drug-likeness (QED) is 0.364. The van der Waals surface area contributed by atoms with E-state index in [1.54, 1.807) is 0 Å². The summed E-state index contributed by atoms with van der Waals surface area (Å²) in [5.41, 5.74) is 0.498. The average molecular weight is 374 g/mol. The molecule has 27 heavy (non-hydrogen) atoms. The highest BCUT2D eigenvalue weighted by atomic mass is 16.5. The molecule has 1 aromatic carbocycles. The van der Waals surface area contributed by atoms with Crippen molar-refractivity contribution in [1.29, 1.82) is 0 Å². The molecule has 3 amide bonds. The van der Waals surface area contributed by atoms with Crippen LogP contribution in [0.3, 0.4) is 0 Å². The molecular formula is C19H22N2O6. The number of imide groups is 1. The monoisotopic (exact) mass is 374 g/mol. The van der Waals surface area contributed by atoms with Crippen LogP contribution < -0.4 is 5.32 Å². The molecule has 0 aromatic heterocycles. The van der Waals surface area contributed by atoms with E-state index in [-0.39, 0.29) is 35.8 Å². The average Bonchev–Trinajstić information content (AvgIpc) is 2.89. The molecule has 0 spiro atoms. The first-order valence-corrected chi connectivity index (χ1v) is 8.63. The second-order valence-corrected chi connectivity index (χ2v) is 6.07. The van der Waals surface area contributed by atoms with Crippen molar-refractivity contribution in [3.8, 4) is 0 Å². The van der Waals surface area contributed by atoms with Crippen LogP contribution in [0.15, 0.2) is 30.9 Å². The van der Waals surface area contributed by atoms with Crippen LogP contribution in [0.25, 0.3) is 0 Å². The maximum Gasteiger partial charge on any atom is 0.328 e. The van der Waals surface area contributed by atoms with Gasteiger partial charge in [0, 0.05) is 12.1 Å². The number of rotatable bonds is 10. The number of hydrogen-bond donors (Lipinski definition) is 2. The van der Waals surface area contributed by atoms with E-state index < -0.39 is 23.8 Å². The Morgan fingerprint density at radius 1 is 1.30 bits per heavy atom. The lowest BCUT2D eigenvalue weighted by Gasteiger charge is -2.14. The molecule has 1 heterocycles. The molecule has 0 saturated carbocycles. The minimum Gasteiger partial charge on any atom is -0.480 e. The second-order valence-electron chi connectivity index (χ2n) is 6.07. The van der Waals surface area contributed by atoms with Crippen LogP contribution in [0.2, 0.25) is 0 Å². The predicted molar refractivity (Wildman–Crippen MR) is 96.6 cm³/mol. The van der Waals surface area contributed by atoms with Crippen molar-refractivity contribution >= 4 is 23.7 Å². The summed E-state index contributed by atoms with van der Waals surface area (Å²) in [4.78, 5) is 49.6. The molecule has 144 valence electrons. The van der Waals surface area contributed by atoms with Gasteiger partial charge < -0.3 is 15.2 Å². The maximum absolute atomic E-state index is 12.4. The first-order valence-electron chi connectivity index (χ1n) is 8.63. The van der Waals surface area contributed by atoms with Crippen molar-refractivity contribution in [1.82, 2.24) is 10.2 Å². The van der Waals surface area contributed by atoms with Crippen LogP contribution in [-0.4, -0.2) is 59.5 Å². The lowest BCUT2D eigenvalue weighted by atomic mass is 10.0. The Balaban J connectivity index is 2.15. The first kappa shape index (κ1) is 20.3. The third kappa shape index (κ3) is 4.59. The highest BCUT2D eigenvalue weighted by molar-refractivity contribution is 6.22. The van der Waals surface area contributed by atoms with Crippen molar-refractivity contribution in [2.45, 2.75) is 25.8 Å². The number of nitrogens with zero attached hydrogens (tertiary/aromatic N) is 1. The second kappa shape index (κ2) is 9.09. The van der Waals surface area contributed by atoms with Crippen LogP contribution in [0.5, 0.6) is 0 Å². The highest BCUT2D eigenvalue weighted by Gasteiger charge is 2.35. The van der Waals surface area contributed by atoms with Gasteiger partial charge in [0.2, 0.25) is 0 Å². The number of fused-ring (bicyclic) bond motifs is 1. The summed E-state index contributed by atoms with van der Waals surface area (Å²) in [6, 6.07) is 2.89. The summed E-state index contributed by atoms with van der Waals surface area (Å²) < 4.78 is 5.08. The van der Waals surface area contributed by atoms with Gasteiger partial charge in [0.1, 0.15) is 0 Å². The Labute approximate surface area is 156 Å². The molecule has 0 fully saturated rings. The van der Waals surface area contributed by atoms with Crippen molar-refractivity contribution in [3.05, 3.63) is 47.5 Å². The summed E-state index contributed by atoms with van der Waals surface area (Å²) in [7, 11) is 0. The Bertz CT molecular complexity index is 773. The molecule has 1 aliphatic heterocycles. The van der Waals surface area contributed by atoms with Crippen LogP contribution in [0, 0.1) is 0 Å². The third-order valence-electron chi connectivity index (χ3n) is 4.09. The molecular weight excluding hydrogens is 352 g/mol. The number of hydrogen-bond acceptors (Lipinski definition) is 5. The van der Waals surface area contributed by atoms with E-state index in [0.29, 0.717) is 13.0 Å². The van der Waals surface area contributed by atoms with E-state index in [1.807, 2.05) is 6.92 Å². The SMILES string of the molecule is C=CCOCC(NC(=O)c1ccc2c(c1)C(=O)N(CCCC)C2=O)C(=O)O. The minimum atomic E-state index is -1.25. The number of unbranched alkanes of at least 4 members (excludes halogenated alkanes) is 1. The fraction of sp³-hybridized carbons (Fsp3) is 0.368. The zero-order chi connectivity index (χ0) is 20.0. The summed E-state index contributed by atoms with van der Waals surface area (Å²) in [5, 5.41) is 11.5. The Hall–Kier alpha value is -3.00. The molecule has 1 unspecified atom stereocenters. The number of carboxylic acids is 1. The molecule has 2 rings (SSSR count). The minimum absolute atomic E-state index is 0.0993. The summed E-state index contributed by atoms with van der Waals surface area (Å²) in [6.07, 6.45) is 3.00. The number of carbonyl (C=O) groups is 4. The molecule has 0 saturated heterocycles. The van der Waals surface area contributed by atoms with Gasteiger partial charge in [0.15, 0.2) is 6.04 Å². The lowest BCUT2D eigenvalue weighted by Crippen LogP contribution is -2.44. The fourth-order valence-corrected chi connectivity index (χ4v) is 2.64. The third-order valence-corrected chi connectivity index (χ3v) is 4.09. The lowest BCUT2D eigenvalue weighted by molar-refractivity contribution is -0.140. The van der Waals surface area contributed by atoms with E-state index in [1.165, 1.54) is 29.2 Å². The maximum atomic E-state index is 12.4. The van der Waals surface area contributed by atoms with Crippen LogP contribution in [0.1, 0.15) is 50.8 Å². The summed E-state index contributed by atoms with van der Waals surface area (Å²) >= 11 is 0. The largest absolute Gasteiger partial charge is 0.480 e. The van der Waals surface area contributed by atoms with Gasteiger partial charge in [-0.2, -0.15) is 0 Å².